The Hall–Kier alpha value is -3.80. The van der Waals surface area contributed by atoms with Crippen LogP contribution in [0.4, 0.5) is 9.59 Å². The largest absolute Gasteiger partial charge is 0.445 e. The minimum Gasteiger partial charge on any atom is -0.445 e. The molecule has 3 aromatic carbocycles. The van der Waals surface area contributed by atoms with Gasteiger partial charge in [0.1, 0.15) is 13.2 Å². The van der Waals surface area contributed by atoms with Gasteiger partial charge in [0.2, 0.25) is 0 Å². The van der Waals surface area contributed by atoms with Crippen molar-refractivity contribution in [3.05, 3.63) is 107 Å². The van der Waals surface area contributed by atoms with Gasteiger partial charge in [-0.05, 0) is 47.9 Å². The Morgan fingerprint density at radius 3 is 1.29 bits per heavy atom. The quantitative estimate of drug-likeness (QED) is 0.355. The van der Waals surface area contributed by atoms with Crippen LogP contribution < -0.4 is 10.6 Å². The number of carbonyl (C=O) groups excluding carboxylic acids is 2. The van der Waals surface area contributed by atoms with Gasteiger partial charge >= 0.3 is 12.2 Å². The summed E-state index contributed by atoms with van der Waals surface area (Å²) in [6.07, 6.45) is 2.67. The maximum absolute atomic E-state index is 11.8. The van der Waals surface area contributed by atoms with Crippen LogP contribution in [-0.2, 0) is 35.5 Å². The highest BCUT2D eigenvalue weighted by Crippen LogP contribution is 2.09. The Bertz CT molecular complexity index is 909. The summed E-state index contributed by atoms with van der Waals surface area (Å²) in [5, 5.41) is 5.58. The molecule has 3 rings (SSSR count). The molecule has 0 aliphatic carbocycles. The number of aryl methyl sites for hydroxylation is 2. The Labute approximate surface area is 201 Å². The van der Waals surface area contributed by atoms with Crippen LogP contribution in [0.1, 0.15) is 35.1 Å². The number of alkyl carbamates (subject to hydrolysis) is 2. The summed E-state index contributed by atoms with van der Waals surface area (Å²) < 4.78 is 10.4. The van der Waals surface area contributed by atoms with Crippen molar-refractivity contribution in [3.8, 4) is 0 Å². The highest BCUT2D eigenvalue weighted by molar-refractivity contribution is 5.67. The van der Waals surface area contributed by atoms with E-state index in [1.54, 1.807) is 0 Å². The standard InChI is InChI=1S/C28H32N2O4/c31-27(33-21-25-9-3-1-4-10-25)29-19-7-13-23-15-17-24(18-16-23)14-8-20-30-28(32)34-22-26-11-5-2-6-12-26/h1-6,9-12,15-18H,7-8,13-14,19-22H2,(H,29,31)(H,30,32). The number of ether oxygens (including phenoxy) is 2. The third-order valence-electron chi connectivity index (χ3n) is 5.27. The summed E-state index contributed by atoms with van der Waals surface area (Å²) in [6.45, 7) is 1.69. The molecule has 6 heteroatoms. The normalized spacial score (nSPS) is 10.4. The molecule has 0 saturated heterocycles. The van der Waals surface area contributed by atoms with Gasteiger partial charge in [0, 0.05) is 13.1 Å². The van der Waals surface area contributed by atoms with Crippen molar-refractivity contribution in [1.82, 2.24) is 10.6 Å². The van der Waals surface area contributed by atoms with E-state index in [9.17, 15) is 9.59 Å². The van der Waals surface area contributed by atoms with Crippen LogP contribution in [0.15, 0.2) is 84.9 Å². The molecule has 0 aliphatic heterocycles. The Morgan fingerprint density at radius 1 is 0.529 bits per heavy atom. The number of hydrogen-bond donors (Lipinski definition) is 2. The van der Waals surface area contributed by atoms with Gasteiger partial charge in [-0.1, -0.05) is 84.9 Å². The Kier molecular flexibility index (Phi) is 10.5. The molecule has 178 valence electrons. The fourth-order valence-electron chi connectivity index (χ4n) is 3.39. The van der Waals surface area contributed by atoms with Gasteiger partial charge < -0.3 is 20.1 Å². The summed E-state index contributed by atoms with van der Waals surface area (Å²) in [5.74, 6) is 0. The summed E-state index contributed by atoms with van der Waals surface area (Å²) in [6, 6.07) is 27.7. The van der Waals surface area contributed by atoms with Gasteiger partial charge in [-0.15, -0.1) is 0 Å². The summed E-state index contributed by atoms with van der Waals surface area (Å²) in [4.78, 5) is 23.5. The number of rotatable bonds is 12. The second-order valence-electron chi connectivity index (χ2n) is 8.00. The molecule has 6 nitrogen and oxygen atoms in total. The molecule has 0 aromatic heterocycles. The van der Waals surface area contributed by atoms with Crippen molar-refractivity contribution in [2.45, 2.75) is 38.9 Å². The van der Waals surface area contributed by atoms with Crippen molar-refractivity contribution in [1.29, 1.82) is 0 Å². The molecule has 0 bridgehead atoms. The Morgan fingerprint density at radius 2 is 0.912 bits per heavy atom. The van der Waals surface area contributed by atoms with E-state index in [4.69, 9.17) is 9.47 Å². The third kappa shape index (κ3) is 9.77. The first-order valence-corrected chi connectivity index (χ1v) is 11.7. The average molecular weight is 461 g/mol. The average Bonchev–Trinajstić information content (AvgIpc) is 2.88. The van der Waals surface area contributed by atoms with Crippen molar-refractivity contribution in [3.63, 3.8) is 0 Å². The van der Waals surface area contributed by atoms with Crippen LogP contribution in [0.2, 0.25) is 0 Å². The monoisotopic (exact) mass is 460 g/mol. The maximum Gasteiger partial charge on any atom is 0.407 e. The molecule has 0 fully saturated rings. The lowest BCUT2D eigenvalue weighted by Gasteiger charge is -2.08. The van der Waals surface area contributed by atoms with Gasteiger partial charge in [-0.2, -0.15) is 0 Å². The number of benzene rings is 3. The molecule has 0 atom stereocenters. The van der Waals surface area contributed by atoms with E-state index >= 15 is 0 Å². The van der Waals surface area contributed by atoms with Crippen LogP contribution in [-0.4, -0.2) is 25.3 Å². The number of hydrogen-bond acceptors (Lipinski definition) is 4. The molecule has 2 N–H and O–H groups in total. The molecule has 3 aromatic rings. The number of nitrogens with one attached hydrogen (secondary N) is 2. The molecule has 0 unspecified atom stereocenters. The summed E-state index contributed by atoms with van der Waals surface area (Å²) >= 11 is 0. The first-order valence-electron chi connectivity index (χ1n) is 11.7. The molecule has 0 aliphatic rings. The van der Waals surface area contributed by atoms with Gasteiger partial charge in [0.05, 0.1) is 0 Å². The first kappa shape index (κ1) is 24.8. The van der Waals surface area contributed by atoms with E-state index in [1.807, 2.05) is 60.7 Å². The minimum absolute atomic E-state index is 0.276. The fourth-order valence-corrected chi connectivity index (χ4v) is 3.39. The van der Waals surface area contributed by atoms with E-state index < -0.39 is 12.2 Å². The predicted molar refractivity (Wildman–Crippen MR) is 132 cm³/mol. The van der Waals surface area contributed by atoms with Gasteiger partial charge in [-0.3, -0.25) is 0 Å². The zero-order valence-corrected chi connectivity index (χ0v) is 19.4. The minimum atomic E-state index is -0.392. The molecule has 0 saturated carbocycles. The summed E-state index contributed by atoms with van der Waals surface area (Å²) in [7, 11) is 0. The molecule has 0 spiro atoms. The first-order chi connectivity index (χ1) is 16.7. The fraction of sp³-hybridized carbons (Fsp3) is 0.286. The van der Waals surface area contributed by atoms with Crippen LogP contribution in [0.5, 0.6) is 0 Å². The molecular weight excluding hydrogens is 428 g/mol. The lowest BCUT2D eigenvalue weighted by atomic mass is 10.0. The highest BCUT2D eigenvalue weighted by atomic mass is 16.6. The number of carbonyl (C=O) groups is 2. The predicted octanol–water partition coefficient (Wildman–Crippen LogP) is 5.40. The van der Waals surface area contributed by atoms with E-state index in [-0.39, 0.29) is 13.2 Å². The van der Waals surface area contributed by atoms with Crippen molar-refractivity contribution < 1.29 is 19.1 Å². The van der Waals surface area contributed by atoms with E-state index in [0.717, 1.165) is 36.8 Å². The van der Waals surface area contributed by atoms with Crippen LogP contribution in [0.25, 0.3) is 0 Å². The smallest absolute Gasteiger partial charge is 0.407 e. The van der Waals surface area contributed by atoms with E-state index in [2.05, 4.69) is 34.9 Å². The van der Waals surface area contributed by atoms with Crippen molar-refractivity contribution >= 4 is 12.2 Å². The Balaban J connectivity index is 1.22. The third-order valence-corrected chi connectivity index (χ3v) is 5.27. The topological polar surface area (TPSA) is 76.7 Å². The van der Waals surface area contributed by atoms with E-state index in [1.165, 1.54) is 11.1 Å². The second-order valence-corrected chi connectivity index (χ2v) is 8.00. The van der Waals surface area contributed by atoms with Crippen LogP contribution in [0, 0.1) is 0 Å². The molecule has 0 radical (unpaired) electrons. The van der Waals surface area contributed by atoms with Crippen LogP contribution >= 0.6 is 0 Å². The summed E-state index contributed by atoms with van der Waals surface area (Å²) in [5.41, 5.74) is 4.39. The molecule has 0 heterocycles. The lowest BCUT2D eigenvalue weighted by molar-refractivity contribution is 0.139. The SMILES string of the molecule is O=C(NCCCc1ccc(CCCNC(=O)OCc2ccccc2)cc1)OCc1ccccc1. The molecule has 2 amide bonds. The van der Waals surface area contributed by atoms with Gasteiger partial charge in [0.25, 0.3) is 0 Å². The second kappa shape index (κ2) is 14.4. The zero-order chi connectivity index (χ0) is 23.8. The van der Waals surface area contributed by atoms with Crippen LogP contribution in [0.3, 0.4) is 0 Å². The van der Waals surface area contributed by atoms with Crippen molar-refractivity contribution in [2.75, 3.05) is 13.1 Å². The maximum atomic E-state index is 11.8. The molecular formula is C28H32N2O4. The van der Waals surface area contributed by atoms with Crippen molar-refractivity contribution in [2.24, 2.45) is 0 Å². The number of amides is 2. The molecule has 34 heavy (non-hydrogen) atoms. The highest BCUT2D eigenvalue weighted by Gasteiger charge is 2.04. The van der Waals surface area contributed by atoms with Gasteiger partial charge in [-0.25, -0.2) is 9.59 Å². The lowest BCUT2D eigenvalue weighted by Crippen LogP contribution is -2.25. The zero-order valence-electron chi connectivity index (χ0n) is 19.4. The van der Waals surface area contributed by atoms with E-state index in [0.29, 0.717) is 13.1 Å². The van der Waals surface area contributed by atoms with Gasteiger partial charge in [0.15, 0.2) is 0 Å².